The summed E-state index contributed by atoms with van der Waals surface area (Å²) in [5, 5.41) is 3.06. The molecule has 98 valence electrons. The Hall–Kier alpha value is -2.27. The van der Waals surface area contributed by atoms with E-state index in [1.807, 2.05) is 0 Å². The van der Waals surface area contributed by atoms with Gasteiger partial charge in [0, 0.05) is 18.0 Å². The van der Waals surface area contributed by atoms with Gasteiger partial charge in [0.25, 0.3) is 5.91 Å². The Bertz CT molecular complexity index is 617. The van der Waals surface area contributed by atoms with Gasteiger partial charge in [0.1, 0.15) is 5.75 Å². The van der Waals surface area contributed by atoms with Gasteiger partial charge in [0.05, 0.1) is 29.6 Å². The number of nitrogens with one attached hydrogen (secondary N) is 1. The fourth-order valence-corrected chi connectivity index (χ4v) is 1.69. The van der Waals surface area contributed by atoms with Gasteiger partial charge in [-0.3, -0.25) is 9.78 Å². The molecule has 0 aliphatic carbocycles. The number of nitrogen functional groups attached to an aromatic ring is 1. The van der Waals surface area contributed by atoms with Gasteiger partial charge < -0.3 is 15.8 Å². The van der Waals surface area contributed by atoms with E-state index in [1.54, 1.807) is 30.5 Å². The number of amides is 1. The number of pyridine rings is 1. The Morgan fingerprint density at radius 3 is 2.84 bits per heavy atom. The third-order valence-electron chi connectivity index (χ3n) is 2.52. The van der Waals surface area contributed by atoms with Crippen LogP contribution in [0.1, 0.15) is 10.4 Å². The smallest absolute Gasteiger partial charge is 0.257 e. The molecule has 0 saturated carbocycles. The number of carbonyl (C=O) groups excluding carboxylic acids is 1. The fraction of sp³-hybridized carbons (Fsp3) is 0.0769. The van der Waals surface area contributed by atoms with Crippen molar-refractivity contribution < 1.29 is 9.53 Å². The van der Waals surface area contributed by atoms with Gasteiger partial charge >= 0.3 is 0 Å². The number of rotatable bonds is 3. The van der Waals surface area contributed by atoms with E-state index in [4.69, 9.17) is 22.1 Å². The lowest BCUT2D eigenvalue weighted by atomic mass is 10.1. The molecule has 0 unspecified atom stereocenters. The number of nitrogens with zero attached hydrogens (tertiary/aromatic N) is 1. The first-order valence-corrected chi connectivity index (χ1v) is 5.84. The lowest BCUT2D eigenvalue weighted by molar-refractivity contribution is 0.102. The minimum absolute atomic E-state index is 0.330. The number of hydrogen-bond acceptors (Lipinski definition) is 4. The van der Waals surface area contributed by atoms with Gasteiger partial charge in [0.15, 0.2) is 0 Å². The Morgan fingerprint density at radius 2 is 2.21 bits per heavy atom. The number of halogens is 1. The molecule has 0 spiro atoms. The van der Waals surface area contributed by atoms with Gasteiger partial charge in [-0.1, -0.05) is 11.6 Å². The Labute approximate surface area is 115 Å². The van der Waals surface area contributed by atoms with Gasteiger partial charge in [-0.25, -0.2) is 0 Å². The first-order valence-electron chi connectivity index (χ1n) is 5.46. The van der Waals surface area contributed by atoms with Gasteiger partial charge in [-0.15, -0.1) is 0 Å². The first kappa shape index (κ1) is 13.2. The minimum Gasteiger partial charge on any atom is -0.497 e. The van der Waals surface area contributed by atoms with Crippen LogP contribution in [-0.2, 0) is 0 Å². The molecule has 0 fully saturated rings. The zero-order valence-electron chi connectivity index (χ0n) is 10.2. The molecule has 0 atom stereocenters. The molecule has 19 heavy (non-hydrogen) atoms. The van der Waals surface area contributed by atoms with E-state index in [1.165, 1.54) is 13.3 Å². The predicted molar refractivity (Wildman–Crippen MR) is 74.6 cm³/mol. The molecule has 0 radical (unpaired) electrons. The van der Waals surface area contributed by atoms with Crippen LogP contribution in [0.15, 0.2) is 36.7 Å². The van der Waals surface area contributed by atoms with Crippen LogP contribution in [0.3, 0.4) is 0 Å². The number of nitrogens with two attached hydrogens (primary N) is 1. The Morgan fingerprint density at radius 1 is 1.42 bits per heavy atom. The molecule has 2 rings (SSSR count). The maximum atomic E-state index is 12.1. The normalized spacial score (nSPS) is 10.0. The van der Waals surface area contributed by atoms with Crippen molar-refractivity contribution in [3.8, 4) is 5.75 Å². The molecule has 0 bridgehead atoms. The summed E-state index contributed by atoms with van der Waals surface area (Å²) in [6.45, 7) is 0. The molecule has 5 nitrogen and oxygen atoms in total. The highest BCUT2D eigenvalue weighted by molar-refractivity contribution is 6.33. The van der Waals surface area contributed by atoms with Crippen LogP contribution < -0.4 is 15.8 Å². The number of benzene rings is 1. The molecular formula is C13H12ClN3O2. The molecule has 1 amide bonds. The van der Waals surface area contributed by atoms with Gasteiger partial charge in [0.2, 0.25) is 0 Å². The second kappa shape index (κ2) is 5.58. The third-order valence-corrected chi connectivity index (χ3v) is 2.85. The quantitative estimate of drug-likeness (QED) is 0.846. The number of hydrogen-bond donors (Lipinski definition) is 2. The van der Waals surface area contributed by atoms with Crippen LogP contribution in [-0.4, -0.2) is 18.0 Å². The fourth-order valence-electron chi connectivity index (χ4n) is 1.53. The second-order valence-corrected chi connectivity index (χ2v) is 4.17. The molecule has 1 aromatic heterocycles. The molecule has 3 N–H and O–H groups in total. The van der Waals surface area contributed by atoms with Crippen LogP contribution in [0.4, 0.5) is 11.4 Å². The van der Waals surface area contributed by atoms with Crippen molar-refractivity contribution >= 4 is 28.9 Å². The summed E-state index contributed by atoms with van der Waals surface area (Å²) in [7, 11) is 1.53. The summed E-state index contributed by atoms with van der Waals surface area (Å²) in [5.74, 6) is 0.239. The zero-order valence-corrected chi connectivity index (χ0v) is 10.9. The van der Waals surface area contributed by atoms with E-state index in [9.17, 15) is 4.79 Å². The average molecular weight is 278 g/mol. The lowest BCUT2D eigenvalue weighted by Gasteiger charge is -2.09. The van der Waals surface area contributed by atoms with Crippen molar-refractivity contribution in [3.05, 3.63) is 47.2 Å². The number of carbonyl (C=O) groups is 1. The molecule has 0 saturated heterocycles. The van der Waals surface area contributed by atoms with Crippen molar-refractivity contribution in [2.45, 2.75) is 0 Å². The number of anilines is 2. The van der Waals surface area contributed by atoms with Crippen LogP contribution >= 0.6 is 11.6 Å². The third kappa shape index (κ3) is 2.95. The van der Waals surface area contributed by atoms with Crippen molar-refractivity contribution in [1.82, 2.24) is 4.98 Å². The summed E-state index contributed by atoms with van der Waals surface area (Å²) < 4.78 is 5.02. The summed E-state index contributed by atoms with van der Waals surface area (Å²) in [4.78, 5) is 16.0. The summed E-state index contributed by atoms with van der Waals surface area (Å²) >= 11 is 5.94. The number of aromatic nitrogens is 1. The summed E-state index contributed by atoms with van der Waals surface area (Å²) in [5.41, 5.74) is 6.91. The molecule has 1 heterocycles. The molecule has 0 aliphatic heterocycles. The van der Waals surface area contributed by atoms with E-state index in [2.05, 4.69) is 10.3 Å². The standard InChI is InChI=1S/C13H12ClN3O2/c1-19-8-2-3-9(11(15)6-8)13(18)17-12-7-16-5-4-10(12)14/h2-7H,15H2,1H3,(H,17,18). The van der Waals surface area contributed by atoms with Crippen LogP contribution in [0.2, 0.25) is 5.02 Å². The number of ether oxygens (including phenoxy) is 1. The average Bonchev–Trinajstić information content (AvgIpc) is 2.41. The number of methoxy groups -OCH3 is 1. The topological polar surface area (TPSA) is 77.2 Å². The zero-order chi connectivity index (χ0) is 13.8. The predicted octanol–water partition coefficient (Wildman–Crippen LogP) is 2.58. The van der Waals surface area contributed by atoms with Gasteiger partial charge in [-0.2, -0.15) is 0 Å². The molecule has 1 aromatic carbocycles. The molecule has 2 aromatic rings. The summed E-state index contributed by atoms with van der Waals surface area (Å²) in [6, 6.07) is 6.43. The molecular weight excluding hydrogens is 266 g/mol. The van der Waals surface area contributed by atoms with Crippen molar-refractivity contribution in [2.75, 3.05) is 18.2 Å². The van der Waals surface area contributed by atoms with E-state index in [0.717, 1.165) is 0 Å². The lowest BCUT2D eigenvalue weighted by Crippen LogP contribution is -2.14. The second-order valence-electron chi connectivity index (χ2n) is 3.76. The largest absolute Gasteiger partial charge is 0.497 e. The molecule has 6 heteroatoms. The minimum atomic E-state index is -0.352. The van der Waals surface area contributed by atoms with Gasteiger partial charge in [-0.05, 0) is 18.2 Å². The van der Waals surface area contributed by atoms with E-state index in [0.29, 0.717) is 27.7 Å². The highest BCUT2D eigenvalue weighted by Gasteiger charge is 2.12. The van der Waals surface area contributed by atoms with Crippen LogP contribution in [0.5, 0.6) is 5.75 Å². The summed E-state index contributed by atoms with van der Waals surface area (Å²) in [6.07, 6.45) is 3.01. The van der Waals surface area contributed by atoms with E-state index >= 15 is 0 Å². The van der Waals surface area contributed by atoms with Crippen LogP contribution in [0.25, 0.3) is 0 Å². The monoisotopic (exact) mass is 277 g/mol. The maximum absolute atomic E-state index is 12.1. The highest BCUT2D eigenvalue weighted by Crippen LogP contribution is 2.23. The molecule has 0 aliphatic rings. The first-order chi connectivity index (χ1) is 9.11. The SMILES string of the molecule is COc1ccc(C(=O)Nc2cnccc2Cl)c(N)c1. The van der Waals surface area contributed by atoms with E-state index in [-0.39, 0.29) is 5.91 Å². The van der Waals surface area contributed by atoms with E-state index < -0.39 is 0 Å². The van der Waals surface area contributed by atoms with Crippen molar-refractivity contribution in [1.29, 1.82) is 0 Å². The maximum Gasteiger partial charge on any atom is 0.257 e. The van der Waals surface area contributed by atoms with Crippen molar-refractivity contribution in [2.24, 2.45) is 0 Å². The highest BCUT2D eigenvalue weighted by atomic mass is 35.5. The Balaban J connectivity index is 2.23. The van der Waals surface area contributed by atoms with Crippen LogP contribution in [0, 0.1) is 0 Å². The van der Waals surface area contributed by atoms with Crippen molar-refractivity contribution in [3.63, 3.8) is 0 Å². The Kier molecular flexibility index (Phi) is 3.87.